The van der Waals surface area contributed by atoms with E-state index in [-0.39, 0.29) is 30.7 Å². The van der Waals surface area contributed by atoms with Gasteiger partial charge in [-0.1, -0.05) is 44.5 Å². The number of benzene rings is 1. The standard InChI is InChI=1S/C24H36O5/c1-7-20(23(27)29-24(4,5)6)10-8-9-17(2)21-13-11-19(12-14-21)16-28-22(26)15-18(3)25/h11-14,17,20H,7-10,15-16H2,1-6H3. The second-order valence-electron chi connectivity index (χ2n) is 8.75. The first-order valence-corrected chi connectivity index (χ1v) is 10.5. The van der Waals surface area contributed by atoms with Gasteiger partial charge in [0.1, 0.15) is 24.4 Å². The Morgan fingerprint density at radius 2 is 1.66 bits per heavy atom. The third-order valence-electron chi connectivity index (χ3n) is 4.76. The molecule has 29 heavy (non-hydrogen) atoms. The molecule has 0 fully saturated rings. The van der Waals surface area contributed by atoms with E-state index in [9.17, 15) is 14.4 Å². The van der Waals surface area contributed by atoms with Crippen molar-refractivity contribution in [3.05, 3.63) is 35.4 Å². The molecule has 0 radical (unpaired) electrons. The molecular formula is C24H36O5. The Morgan fingerprint density at radius 1 is 1.03 bits per heavy atom. The molecule has 0 amide bonds. The van der Waals surface area contributed by atoms with Crippen molar-refractivity contribution in [2.45, 2.75) is 91.8 Å². The molecule has 2 unspecified atom stereocenters. The van der Waals surface area contributed by atoms with Crippen LogP contribution in [0.25, 0.3) is 0 Å². The third kappa shape index (κ3) is 10.2. The molecule has 0 saturated heterocycles. The largest absolute Gasteiger partial charge is 0.460 e. The summed E-state index contributed by atoms with van der Waals surface area (Å²) in [6.45, 7) is 11.4. The van der Waals surface area contributed by atoms with Gasteiger partial charge < -0.3 is 9.47 Å². The van der Waals surface area contributed by atoms with Gasteiger partial charge in [0.05, 0.1) is 5.92 Å². The number of carbonyl (C=O) groups excluding carboxylic acids is 3. The highest BCUT2D eigenvalue weighted by molar-refractivity contribution is 5.94. The van der Waals surface area contributed by atoms with Crippen molar-refractivity contribution < 1.29 is 23.9 Å². The molecular weight excluding hydrogens is 368 g/mol. The highest BCUT2D eigenvalue weighted by atomic mass is 16.6. The zero-order valence-electron chi connectivity index (χ0n) is 18.7. The Labute approximate surface area is 175 Å². The molecule has 162 valence electrons. The normalized spacial score (nSPS) is 13.4. The van der Waals surface area contributed by atoms with Gasteiger partial charge in [-0.25, -0.2) is 0 Å². The Morgan fingerprint density at radius 3 is 2.17 bits per heavy atom. The first-order chi connectivity index (χ1) is 13.5. The fourth-order valence-corrected chi connectivity index (χ4v) is 3.07. The highest BCUT2D eigenvalue weighted by Crippen LogP contribution is 2.25. The van der Waals surface area contributed by atoms with E-state index >= 15 is 0 Å². The van der Waals surface area contributed by atoms with E-state index in [1.807, 2.05) is 52.0 Å². The summed E-state index contributed by atoms with van der Waals surface area (Å²) in [5, 5.41) is 0. The highest BCUT2D eigenvalue weighted by Gasteiger charge is 2.23. The van der Waals surface area contributed by atoms with E-state index in [1.54, 1.807) is 0 Å². The maximum atomic E-state index is 12.3. The number of Topliss-reactive ketones (excluding diaryl/α,β-unsaturated/α-hetero) is 1. The van der Waals surface area contributed by atoms with E-state index in [0.717, 1.165) is 31.2 Å². The molecule has 0 N–H and O–H groups in total. The SMILES string of the molecule is CCC(CCCC(C)c1ccc(COC(=O)CC(C)=O)cc1)C(=O)OC(C)(C)C. The molecule has 0 aliphatic rings. The van der Waals surface area contributed by atoms with Crippen molar-refractivity contribution in [3.63, 3.8) is 0 Å². The minimum atomic E-state index is -0.495. The molecule has 5 heteroatoms. The van der Waals surface area contributed by atoms with Crippen molar-refractivity contribution in [2.75, 3.05) is 0 Å². The number of hydrogen-bond acceptors (Lipinski definition) is 5. The minimum absolute atomic E-state index is 0.0477. The van der Waals surface area contributed by atoms with Gasteiger partial charge in [-0.2, -0.15) is 0 Å². The predicted octanol–water partition coefficient (Wildman–Crippen LogP) is 5.35. The van der Waals surface area contributed by atoms with E-state index in [1.165, 1.54) is 12.5 Å². The number of rotatable bonds is 11. The van der Waals surface area contributed by atoms with Crippen molar-refractivity contribution in [3.8, 4) is 0 Å². The molecule has 0 saturated carbocycles. The number of carbonyl (C=O) groups is 3. The van der Waals surface area contributed by atoms with Gasteiger partial charge in [-0.3, -0.25) is 14.4 Å². The fourth-order valence-electron chi connectivity index (χ4n) is 3.07. The lowest BCUT2D eigenvalue weighted by molar-refractivity contribution is -0.160. The van der Waals surface area contributed by atoms with Gasteiger partial charge in [-0.05, 0) is 64.0 Å². The summed E-state index contributed by atoms with van der Waals surface area (Å²) in [4.78, 5) is 34.6. The molecule has 0 spiro atoms. The maximum absolute atomic E-state index is 12.3. The zero-order valence-corrected chi connectivity index (χ0v) is 18.7. The molecule has 0 bridgehead atoms. The third-order valence-corrected chi connectivity index (χ3v) is 4.76. The fraction of sp³-hybridized carbons (Fsp3) is 0.625. The average molecular weight is 405 g/mol. The Balaban J connectivity index is 2.46. The van der Waals surface area contributed by atoms with Crippen LogP contribution in [0.15, 0.2) is 24.3 Å². The molecule has 0 heterocycles. The molecule has 1 aromatic carbocycles. The van der Waals surface area contributed by atoms with Crippen LogP contribution in [0.2, 0.25) is 0 Å². The van der Waals surface area contributed by atoms with E-state index in [0.29, 0.717) is 5.92 Å². The van der Waals surface area contributed by atoms with Crippen molar-refractivity contribution >= 4 is 17.7 Å². The lowest BCUT2D eigenvalue weighted by Gasteiger charge is -2.23. The van der Waals surface area contributed by atoms with Crippen LogP contribution in [0.5, 0.6) is 0 Å². The Hall–Kier alpha value is -2.17. The number of hydrogen-bond donors (Lipinski definition) is 0. The van der Waals surface area contributed by atoms with E-state index in [4.69, 9.17) is 9.47 Å². The quantitative estimate of drug-likeness (QED) is 0.367. The second-order valence-corrected chi connectivity index (χ2v) is 8.75. The first kappa shape index (κ1) is 24.9. The summed E-state index contributed by atoms with van der Waals surface area (Å²) >= 11 is 0. The van der Waals surface area contributed by atoms with Crippen molar-refractivity contribution in [2.24, 2.45) is 5.92 Å². The molecule has 0 aromatic heterocycles. The Bertz CT molecular complexity index is 670. The van der Waals surface area contributed by atoms with Gasteiger partial charge in [0.25, 0.3) is 0 Å². The number of ketones is 1. The van der Waals surface area contributed by atoms with Crippen LogP contribution < -0.4 is 0 Å². The maximum Gasteiger partial charge on any atom is 0.313 e. The summed E-state index contributed by atoms with van der Waals surface area (Å²) in [6, 6.07) is 7.98. The van der Waals surface area contributed by atoms with Gasteiger partial charge in [0.2, 0.25) is 0 Å². The molecule has 1 aromatic rings. The summed E-state index contributed by atoms with van der Waals surface area (Å²) in [7, 11) is 0. The van der Waals surface area contributed by atoms with Crippen molar-refractivity contribution in [1.82, 2.24) is 0 Å². The smallest absolute Gasteiger partial charge is 0.313 e. The summed E-state index contributed by atoms with van der Waals surface area (Å²) in [5.41, 5.74) is 1.67. The van der Waals surface area contributed by atoms with Gasteiger partial charge in [-0.15, -0.1) is 0 Å². The molecule has 1 rings (SSSR count). The first-order valence-electron chi connectivity index (χ1n) is 10.5. The van der Waals surface area contributed by atoms with Gasteiger partial charge in [0.15, 0.2) is 0 Å². The van der Waals surface area contributed by atoms with E-state index < -0.39 is 11.6 Å². The molecule has 0 aliphatic carbocycles. The summed E-state index contributed by atoms with van der Waals surface area (Å²) in [6.07, 6.45) is 3.40. The van der Waals surface area contributed by atoms with Gasteiger partial charge >= 0.3 is 11.9 Å². The second kappa shape index (κ2) is 11.7. The molecule has 0 aliphatic heterocycles. The zero-order chi connectivity index (χ0) is 22.0. The molecule has 5 nitrogen and oxygen atoms in total. The Kier molecular flexibility index (Phi) is 10.1. The summed E-state index contributed by atoms with van der Waals surface area (Å²) in [5.74, 6) is -0.466. The lowest BCUT2D eigenvalue weighted by Crippen LogP contribution is -2.28. The number of esters is 2. The number of ether oxygens (including phenoxy) is 2. The summed E-state index contributed by atoms with van der Waals surface area (Å²) < 4.78 is 10.6. The average Bonchev–Trinajstić information content (AvgIpc) is 2.61. The van der Waals surface area contributed by atoms with Crippen LogP contribution in [0, 0.1) is 5.92 Å². The van der Waals surface area contributed by atoms with Crippen LogP contribution >= 0.6 is 0 Å². The van der Waals surface area contributed by atoms with Crippen molar-refractivity contribution in [1.29, 1.82) is 0 Å². The minimum Gasteiger partial charge on any atom is -0.460 e. The van der Waals surface area contributed by atoms with E-state index in [2.05, 4.69) is 6.92 Å². The monoisotopic (exact) mass is 404 g/mol. The van der Waals surface area contributed by atoms with Gasteiger partial charge in [0, 0.05) is 0 Å². The lowest BCUT2D eigenvalue weighted by atomic mass is 9.91. The van der Waals surface area contributed by atoms with Crippen LogP contribution in [0.1, 0.15) is 90.7 Å². The van der Waals surface area contributed by atoms with Crippen LogP contribution in [0.4, 0.5) is 0 Å². The predicted molar refractivity (Wildman–Crippen MR) is 113 cm³/mol. The van der Waals surface area contributed by atoms with Crippen LogP contribution in [-0.4, -0.2) is 23.3 Å². The van der Waals surface area contributed by atoms with Crippen LogP contribution in [-0.2, 0) is 30.5 Å². The topological polar surface area (TPSA) is 69.7 Å². The van der Waals surface area contributed by atoms with Crippen LogP contribution in [0.3, 0.4) is 0 Å². The molecule has 2 atom stereocenters.